The van der Waals surface area contributed by atoms with E-state index in [1.165, 1.54) is 70.9 Å². The van der Waals surface area contributed by atoms with Gasteiger partial charge in [0.15, 0.2) is 0 Å². The number of hydrogen-bond acceptors (Lipinski definition) is 1. The molecule has 1 amide bonds. The van der Waals surface area contributed by atoms with Gasteiger partial charge >= 0.3 is 0 Å². The summed E-state index contributed by atoms with van der Waals surface area (Å²) in [6.07, 6.45) is 12.4. The van der Waals surface area contributed by atoms with Gasteiger partial charge in [-0.2, -0.15) is 0 Å². The summed E-state index contributed by atoms with van der Waals surface area (Å²) in [4.78, 5) is 15.7. The van der Waals surface area contributed by atoms with E-state index in [1.807, 2.05) is 0 Å². The van der Waals surface area contributed by atoms with Crippen molar-refractivity contribution in [3.8, 4) is 0 Å². The van der Waals surface area contributed by atoms with E-state index < -0.39 is 0 Å². The number of carbonyl (C=O) groups is 1. The van der Waals surface area contributed by atoms with Crippen LogP contribution in [-0.2, 0) is 4.79 Å². The molecule has 4 atom stereocenters. The van der Waals surface area contributed by atoms with Crippen molar-refractivity contribution in [2.45, 2.75) is 57.8 Å². The molecule has 0 radical (unpaired) electrons. The molecular formula is C21H29NO. The van der Waals surface area contributed by atoms with Gasteiger partial charge in [0.1, 0.15) is 0 Å². The molecule has 4 unspecified atom stereocenters. The highest BCUT2D eigenvalue weighted by Gasteiger charge is 2.92. The molecule has 2 nitrogen and oxygen atoms in total. The molecule has 124 valence electrons. The van der Waals surface area contributed by atoms with Gasteiger partial charge in [-0.15, -0.1) is 0 Å². The third-order valence-electron chi connectivity index (χ3n) is 10.6. The van der Waals surface area contributed by atoms with Gasteiger partial charge in [0, 0.05) is 29.8 Å². The first-order valence-corrected chi connectivity index (χ1v) is 10.6. The van der Waals surface area contributed by atoms with E-state index in [0.717, 1.165) is 35.5 Å². The fourth-order valence-electron chi connectivity index (χ4n) is 10.7. The summed E-state index contributed by atoms with van der Waals surface area (Å²) in [7, 11) is 0. The van der Waals surface area contributed by atoms with E-state index in [9.17, 15) is 4.79 Å². The van der Waals surface area contributed by atoms with Gasteiger partial charge < -0.3 is 4.90 Å². The molecule has 1 aliphatic heterocycles. The Bertz CT molecular complexity index is 543. The van der Waals surface area contributed by atoms with E-state index in [4.69, 9.17) is 0 Å². The molecule has 2 heteroatoms. The highest BCUT2D eigenvalue weighted by molar-refractivity contribution is 5.80. The molecule has 2 spiro atoms. The first-order valence-electron chi connectivity index (χ1n) is 10.6. The molecule has 1 heterocycles. The van der Waals surface area contributed by atoms with Crippen molar-refractivity contribution in [1.82, 2.24) is 4.90 Å². The highest BCUT2D eigenvalue weighted by atomic mass is 16.2. The normalized spacial score (nSPS) is 61.1. The van der Waals surface area contributed by atoms with Crippen LogP contribution in [0.1, 0.15) is 57.8 Å². The largest absolute Gasteiger partial charge is 0.341 e. The van der Waals surface area contributed by atoms with Crippen LogP contribution in [0.4, 0.5) is 0 Å². The van der Waals surface area contributed by atoms with Crippen LogP contribution in [0.5, 0.6) is 0 Å². The second-order valence-electron chi connectivity index (χ2n) is 10.3. The van der Waals surface area contributed by atoms with E-state index in [0.29, 0.717) is 22.7 Å². The minimum Gasteiger partial charge on any atom is -0.341 e. The third-order valence-corrected chi connectivity index (χ3v) is 10.6. The maximum Gasteiger partial charge on any atom is 0.225 e. The molecular weight excluding hydrogens is 282 g/mol. The van der Waals surface area contributed by atoms with Crippen LogP contribution < -0.4 is 0 Å². The third kappa shape index (κ3) is 1.04. The Morgan fingerprint density at radius 2 is 1.17 bits per heavy atom. The average Bonchev–Trinajstić information content (AvgIpc) is 3.36. The average molecular weight is 311 g/mol. The van der Waals surface area contributed by atoms with Crippen molar-refractivity contribution < 1.29 is 4.79 Å². The molecule has 0 N–H and O–H groups in total. The second-order valence-corrected chi connectivity index (χ2v) is 10.3. The zero-order chi connectivity index (χ0) is 15.0. The van der Waals surface area contributed by atoms with Crippen LogP contribution in [0, 0.1) is 52.3 Å². The molecule has 23 heavy (non-hydrogen) atoms. The quantitative estimate of drug-likeness (QED) is 0.723. The van der Waals surface area contributed by atoms with Gasteiger partial charge in [0.25, 0.3) is 0 Å². The molecule has 7 saturated carbocycles. The summed E-state index contributed by atoms with van der Waals surface area (Å²) < 4.78 is 0. The molecule has 8 bridgehead atoms. The summed E-state index contributed by atoms with van der Waals surface area (Å²) in [5.41, 5.74) is 1.25. The topological polar surface area (TPSA) is 20.3 Å². The van der Waals surface area contributed by atoms with Crippen LogP contribution in [0.3, 0.4) is 0 Å². The molecule has 0 aromatic carbocycles. The summed E-state index contributed by atoms with van der Waals surface area (Å²) in [6, 6.07) is 0. The van der Waals surface area contributed by atoms with Crippen LogP contribution in [0.25, 0.3) is 0 Å². The van der Waals surface area contributed by atoms with E-state index in [2.05, 4.69) is 4.90 Å². The molecule has 8 fully saturated rings. The lowest BCUT2D eigenvalue weighted by Crippen LogP contribution is -2.49. The number of nitrogens with zero attached hydrogens (tertiary/aromatic N) is 1. The van der Waals surface area contributed by atoms with Gasteiger partial charge in [0.2, 0.25) is 5.91 Å². The standard InChI is InChI=1S/C21H29NO/c23-19(12-4-2-1-3-5-12)22-10-20-13-6-7-14-17(13)18-15(20)8-9-16(18)21(14,20)11-22/h12-18H,1-11H2. The smallest absolute Gasteiger partial charge is 0.225 e. The van der Waals surface area contributed by atoms with E-state index >= 15 is 0 Å². The van der Waals surface area contributed by atoms with Crippen molar-refractivity contribution in [2.75, 3.05) is 13.1 Å². The molecule has 8 aliphatic rings. The number of rotatable bonds is 1. The lowest BCUT2D eigenvalue weighted by atomic mass is 9.52. The van der Waals surface area contributed by atoms with E-state index in [1.54, 1.807) is 0 Å². The lowest BCUT2D eigenvalue weighted by molar-refractivity contribution is -0.136. The zero-order valence-electron chi connectivity index (χ0n) is 14.2. The zero-order valence-corrected chi connectivity index (χ0v) is 14.2. The minimum absolute atomic E-state index is 0.388. The minimum atomic E-state index is 0.388. The summed E-state index contributed by atoms with van der Waals surface area (Å²) in [5.74, 6) is 7.31. The Morgan fingerprint density at radius 1 is 0.696 bits per heavy atom. The molecule has 7 aliphatic carbocycles. The van der Waals surface area contributed by atoms with Gasteiger partial charge in [-0.1, -0.05) is 19.3 Å². The highest BCUT2D eigenvalue weighted by Crippen LogP contribution is 2.93. The molecule has 8 rings (SSSR count). The van der Waals surface area contributed by atoms with Gasteiger partial charge in [-0.25, -0.2) is 0 Å². The van der Waals surface area contributed by atoms with Crippen molar-refractivity contribution in [3.05, 3.63) is 0 Å². The fraction of sp³-hybridized carbons (Fsp3) is 0.952. The van der Waals surface area contributed by atoms with Crippen LogP contribution in [0.15, 0.2) is 0 Å². The monoisotopic (exact) mass is 311 g/mol. The summed E-state index contributed by atoms with van der Waals surface area (Å²) in [6.45, 7) is 2.38. The van der Waals surface area contributed by atoms with Crippen LogP contribution in [-0.4, -0.2) is 23.9 Å². The van der Waals surface area contributed by atoms with Crippen molar-refractivity contribution in [2.24, 2.45) is 52.3 Å². The summed E-state index contributed by atoms with van der Waals surface area (Å²) in [5, 5.41) is 0. The maximum absolute atomic E-state index is 13.3. The fourth-order valence-corrected chi connectivity index (χ4v) is 10.7. The lowest BCUT2D eigenvalue weighted by Gasteiger charge is -2.51. The van der Waals surface area contributed by atoms with Crippen molar-refractivity contribution >= 4 is 5.91 Å². The number of amides is 1. The number of likely N-dealkylation sites (tertiary alicyclic amines) is 1. The molecule has 0 aromatic heterocycles. The van der Waals surface area contributed by atoms with Crippen molar-refractivity contribution in [1.29, 1.82) is 0 Å². The Balaban J connectivity index is 1.28. The number of carbonyl (C=O) groups excluding carboxylic acids is 1. The van der Waals surface area contributed by atoms with Gasteiger partial charge in [-0.05, 0) is 74.0 Å². The maximum atomic E-state index is 13.3. The van der Waals surface area contributed by atoms with E-state index in [-0.39, 0.29) is 0 Å². The molecule has 1 saturated heterocycles. The summed E-state index contributed by atoms with van der Waals surface area (Å²) >= 11 is 0. The second kappa shape index (κ2) is 3.68. The van der Waals surface area contributed by atoms with Gasteiger partial charge in [-0.3, -0.25) is 4.79 Å². The SMILES string of the molecule is O=C(C1CCCCC1)N1CC23C4CCC5C4C4C2CCC4C53C1. The first kappa shape index (κ1) is 12.8. The van der Waals surface area contributed by atoms with Crippen LogP contribution in [0.2, 0.25) is 0 Å². The Morgan fingerprint density at radius 3 is 1.65 bits per heavy atom. The number of hydrogen-bond donors (Lipinski definition) is 0. The van der Waals surface area contributed by atoms with Crippen molar-refractivity contribution in [3.63, 3.8) is 0 Å². The van der Waals surface area contributed by atoms with Gasteiger partial charge in [0.05, 0.1) is 0 Å². The Hall–Kier alpha value is -0.530. The Kier molecular flexibility index (Phi) is 2.04. The van der Waals surface area contributed by atoms with Crippen LogP contribution >= 0.6 is 0 Å². The first-order chi connectivity index (χ1) is 11.3. The predicted molar refractivity (Wildman–Crippen MR) is 87.4 cm³/mol. The molecule has 0 aromatic rings. The predicted octanol–water partition coefficient (Wildman–Crippen LogP) is 3.71. The Labute approximate surface area is 139 Å².